The van der Waals surface area contributed by atoms with Crippen LogP contribution >= 0.6 is 0 Å². The fourth-order valence-corrected chi connectivity index (χ4v) is 2.94. The predicted octanol–water partition coefficient (Wildman–Crippen LogP) is 0.313. The summed E-state index contributed by atoms with van der Waals surface area (Å²) in [5.74, 6) is -1.31. The first kappa shape index (κ1) is 18.0. The van der Waals surface area contributed by atoms with Crippen LogP contribution in [0.1, 0.15) is 19.3 Å². The fraction of sp³-hybridized carbons (Fsp3) is 0.867. The van der Waals surface area contributed by atoms with Crippen molar-refractivity contribution in [2.45, 2.75) is 31.4 Å². The number of carboxylic acid groups (broad SMARTS) is 1. The van der Waals surface area contributed by atoms with Crippen LogP contribution in [-0.4, -0.2) is 80.8 Å². The first-order valence-corrected chi connectivity index (χ1v) is 8.08. The molecule has 0 aromatic heterocycles. The van der Waals surface area contributed by atoms with Gasteiger partial charge in [0.2, 0.25) is 0 Å². The molecule has 2 heterocycles. The van der Waals surface area contributed by atoms with Crippen LogP contribution < -0.4 is 5.32 Å². The molecule has 23 heavy (non-hydrogen) atoms. The van der Waals surface area contributed by atoms with Gasteiger partial charge in [0.15, 0.2) is 0 Å². The van der Waals surface area contributed by atoms with Gasteiger partial charge in [-0.15, -0.1) is 0 Å². The van der Waals surface area contributed by atoms with E-state index in [1.165, 1.54) is 0 Å². The van der Waals surface area contributed by atoms with E-state index in [0.29, 0.717) is 52.2 Å². The molecule has 0 spiro atoms. The highest BCUT2D eigenvalue weighted by Crippen LogP contribution is 2.18. The largest absolute Gasteiger partial charge is 0.481 e. The SMILES string of the molecule is COCCOC1COCCC1NC(=O)N1CCC[C@@H](C(=O)O)C1. The van der Waals surface area contributed by atoms with E-state index in [1.807, 2.05) is 0 Å². The number of piperidine rings is 1. The number of likely N-dealkylation sites (tertiary alicyclic amines) is 1. The van der Waals surface area contributed by atoms with Gasteiger partial charge in [0, 0.05) is 26.8 Å². The smallest absolute Gasteiger partial charge is 0.317 e. The lowest BCUT2D eigenvalue weighted by Crippen LogP contribution is -2.55. The van der Waals surface area contributed by atoms with Crippen LogP contribution in [0.5, 0.6) is 0 Å². The average molecular weight is 330 g/mol. The molecule has 0 aliphatic carbocycles. The minimum atomic E-state index is -0.839. The highest BCUT2D eigenvalue weighted by molar-refractivity contribution is 5.76. The van der Waals surface area contributed by atoms with Crippen molar-refractivity contribution >= 4 is 12.0 Å². The lowest BCUT2D eigenvalue weighted by molar-refractivity contribution is -0.143. The molecule has 132 valence electrons. The Kier molecular flexibility index (Phi) is 7.07. The Morgan fingerprint density at radius 3 is 2.91 bits per heavy atom. The van der Waals surface area contributed by atoms with Crippen molar-refractivity contribution in [1.29, 1.82) is 0 Å². The molecule has 0 aromatic rings. The number of hydrogen-bond donors (Lipinski definition) is 2. The van der Waals surface area contributed by atoms with Crippen LogP contribution in [0.15, 0.2) is 0 Å². The van der Waals surface area contributed by atoms with Gasteiger partial charge in [-0.3, -0.25) is 4.79 Å². The zero-order chi connectivity index (χ0) is 16.7. The van der Waals surface area contributed by atoms with Crippen molar-refractivity contribution in [2.24, 2.45) is 5.92 Å². The Bertz CT molecular complexity index is 405. The summed E-state index contributed by atoms with van der Waals surface area (Å²) in [4.78, 5) is 25.1. The van der Waals surface area contributed by atoms with Gasteiger partial charge in [0.05, 0.1) is 31.8 Å². The second kappa shape index (κ2) is 9.05. The number of methoxy groups -OCH3 is 1. The summed E-state index contributed by atoms with van der Waals surface area (Å²) in [5, 5.41) is 12.1. The van der Waals surface area contributed by atoms with Crippen molar-refractivity contribution in [3.8, 4) is 0 Å². The Balaban J connectivity index is 1.85. The van der Waals surface area contributed by atoms with E-state index in [2.05, 4.69) is 5.32 Å². The molecule has 2 amide bonds. The zero-order valence-corrected chi connectivity index (χ0v) is 13.5. The number of carboxylic acids is 1. The molecule has 2 aliphatic heterocycles. The lowest BCUT2D eigenvalue weighted by atomic mass is 9.98. The second-order valence-corrected chi connectivity index (χ2v) is 5.95. The molecule has 3 atom stereocenters. The number of carbonyl (C=O) groups is 2. The standard InChI is InChI=1S/C15H26N2O6/c1-21-7-8-23-13-10-22-6-4-12(13)16-15(20)17-5-2-3-11(9-17)14(18)19/h11-13H,2-10H2,1H3,(H,16,20)(H,18,19)/t11-,12?,13?/m1/s1. The molecular formula is C15H26N2O6. The van der Waals surface area contributed by atoms with Crippen LogP contribution in [0.2, 0.25) is 0 Å². The summed E-state index contributed by atoms with van der Waals surface area (Å²) < 4.78 is 16.1. The van der Waals surface area contributed by atoms with E-state index in [4.69, 9.17) is 19.3 Å². The van der Waals surface area contributed by atoms with E-state index >= 15 is 0 Å². The number of aliphatic carboxylic acids is 1. The number of hydrogen-bond acceptors (Lipinski definition) is 5. The van der Waals surface area contributed by atoms with Crippen LogP contribution in [0.25, 0.3) is 0 Å². The maximum atomic E-state index is 12.4. The highest BCUT2D eigenvalue weighted by atomic mass is 16.6. The third-order valence-corrected chi connectivity index (χ3v) is 4.29. The summed E-state index contributed by atoms with van der Waals surface area (Å²) in [6.45, 7) is 2.80. The molecule has 2 rings (SSSR count). The first-order chi connectivity index (χ1) is 11.1. The third-order valence-electron chi connectivity index (χ3n) is 4.29. The Hall–Kier alpha value is -1.38. The van der Waals surface area contributed by atoms with Gasteiger partial charge in [0.1, 0.15) is 6.10 Å². The van der Waals surface area contributed by atoms with Crippen LogP contribution in [0, 0.1) is 5.92 Å². The highest BCUT2D eigenvalue weighted by Gasteiger charge is 2.32. The van der Waals surface area contributed by atoms with Gasteiger partial charge in [-0.25, -0.2) is 4.79 Å². The van der Waals surface area contributed by atoms with Crippen LogP contribution in [0.3, 0.4) is 0 Å². The number of urea groups is 1. The van der Waals surface area contributed by atoms with E-state index in [0.717, 1.165) is 0 Å². The predicted molar refractivity (Wildman–Crippen MR) is 81.3 cm³/mol. The molecule has 2 saturated heterocycles. The summed E-state index contributed by atoms with van der Waals surface area (Å²) >= 11 is 0. The topological polar surface area (TPSA) is 97.3 Å². The second-order valence-electron chi connectivity index (χ2n) is 5.95. The maximum absolute atomic E-state index is 12.4. The van der Waals surface area contributed by atoms with Gasteiger partial charge < -0.3 is 29.5 Å². The van der Waals surface area contributed by atoms with E-state index < -0.39 is 11.9 Å². The van der Waals surface area contributed by atoms with Gasteiger partial charge >= 0.3 is 12.0 Å². The van der Waals surface area contributed by atoms with Crippen LogP contribution in [0.4, 0.5) is 4.79 Å². The summed E-state index contributed by atoms with van der Waals surface area (Å²) in [6, 6.07) is -0.346. The number of rotatable bonds is 6. The number of nitrogens with zero attached hydrogens (tertiary/aromatic N) is 1. The van der Waals surface area contributed by atoms with Gasteiger partial charge in [0.25, 0.3) is 0 Å². The molecule has 8 nitrogen and oxygen atoms in total. The molecule has 2 fully saturated rings. The van der Waals surface area contributed by atoms with Gasteiger partial charge in [-0.1, -0.05) is 0 Å². The maximum Gasteiger partial charge on any atom is 0.317 e. The molecule has 2 N–H and O–H groups in total. The van der Waals surface area contributed by atoms with Crippen molar-refractivity contribution in [3.05, 3.63) is 0 Å². The van der Waals surface area contributed by atoms with E-state index in [9.17, 15) is 9.59 Å². The molecule has 0 saturated carbocycles. The fourth-order valence-electron chi connectivity index (χ4n) is 2.94. The number of carbonyl (C=O) groups excluding carboxylic acids is 1. The molecule has 2 unspecified atom stereocenters. The van der Waals surface area contributed by atoms with E-state index in [-0.39, 0.29) is 24.7 Å². The quantitative estimate of drug-likeness (QED) is 0.681. The minimum Gasteiger partial charge on any atom is -0.481 e. The zero-order valence-electron chi connectivity index (χ0n) is 13.5. The first-order valence-electron chi connectivity index (χ1n) is 8.08. The van der Waals surface area contributed by atoms with Crippen molar-refractivity contribution in [2.75, 3.05) is 46.6 Å². The van der Waals surface area contributed by atoms with E-state index in [1.54, 1.807) is 12.0 Å². The Morgan fingerprint density at radius 1 is 1.35 bits per heavy atom. The van der Waals surface area contributed by atoms with Crippen molar-refractivity contribution in [1.82, 2.24) is 10.2 Å². The molecule has 0 bridgehead atoms. The normalized spacial score (nSPS) is 28.4. The molecular weight excluding hydrogens is 304 g/mol. The van der Waals surface area contributed by atoms with Crippen molar-refractivity contribution < 1.29 is 28.9 Å². The number of nitrogens with one attached hydrogen (secondary N) is 1. The average Bonchev–Trinajstić information content (AvgIpc) is 2.56. The Labute approximate surface area is 136 Å². The van der Waals surface area contributed by atoms with Crippen molar-refractivity contribution in [3.63, 3.8) is 0 Å². The van der Waals surface area contributed by atoms with Gasteiger partial charge in [-0.05, 0) is 19.3 Å². The number of amides is 2. The summed E-state index contributed by atoms with van der Waals surface area (Å²) in [7, 11) is 1.61. The molecule has 0 radical (unpaired) electrons. The summed E-state index contributed by atoms with van der Waals surface area (Å²) in [5.41, 5.74) is 0. The molecule has 2 aliphatic rings. The monoisotopic (exact) mass is 330 g/mol. The minimum absolute atomic E-state index is 0.127. The Morgan fingerprint density at radius 2 is 2.17 bits per heavy atom. The summed E-state index contributed by atoms with van der Waals surface area (Å²) in [6.07, 6.45) is 1.81. The third kappa shape index (κ3) is 5.33. The molecule has 0 aromatic carbocycles. The van der Waals surface area contributed by atoms with Gasteiger partial charge in [-0.2, -0.15) is 0 Å². The van der Waals surface area contributed by atoms with Crippen LogP contribution in [-0.2, 0) is 19.0 Å². The lowest BCUT2D eigenvalue weighted by Gasteiger charge is -2.36. The number of ether oxygens (including phenoxy) is 3. The molecule has 8 heteroatoms.